The van der Waals surface area contributed by atoms with E-state index in [1.807, 2.05) is 0 Å². The van der Waals surface area contributed by atoms with Crippen LogP contribution in [0.5, 0.6) is 0 Å². The molecule has 1 aliphatic carbocycles. The van der Waals surface area contributed by atoms with Crippen molar-refractivity contribution in [3.8, 4) is 0 Å². The minimum atomic E-state index is -1.13. The molecular weight excluding hydrogens is 289 g/mol. The summed E-state index contributed by atoms with van der Waals surface area (Å²) < 4.78 is 12.8. The van der Waals surface area contributed by atoms with Gasteiger partial charge in [-0.05, 0) is 25.0 Å². The molecule has 1 atom stereocenters. The molecule has 0 aromatic carbocycles. The second-order valence-electron chi connectivity index (χ2n) is 5.91. The van der Waals surface area contributed by atoms with E-state index in [1.165, 1.54) is 12.1 Å². The Morgan fingerprint density at radius 1 is 1.32 bits per heavy atom. The van der Waals surface area contributed by atoms with Crippen LogP contribution in [-0.4, -0.2) is 39.0 Å². The molecule has 3 rings (SSSR count). The summed E-state index contributed by atoms with van der Waals surface area (Å²) in [6.07, 6.45) is 4.01. The van der Waals surface area contributed by atoms with Crippen LogP contribution >= 0.6 is 0 Å². The molecule has 0 bridgehead atoms. The van der Waals surface area contributed by atoms with Crippen LogP contribution in [0.15, 0.2) is 18.3 Å². The van der Waals surface area contributed by atoms with E-state index >= 15 is 0 Å². The SMILES string of the molecule is O=C1NC2(CCCCC2)C(=O)N1CC(O)c1ccc(F)cn1. The first kappa shape index (κ1) is 14.9. The second kappa shape index (κ2) is 5.64. The maximum absolute atomic E-state index is 12.8. The maximum Gasteiger partial charge on any atom is 0.325 e. The molecule has 1 aliphatic heterocycles. The van der Waals surface area contributed by atoms with Crippen LogP contribution in [-0.2, 0) is 4.79 Å². The van der Waals surface area contributed by atoms with Crippen molar-refractivity contribution in [3.63, 3.8) is 0 Å². The average molecular weight is 307 g/mol. The first-order valence-electron chi connectivity index (χ1n) is 7.45. The summed E-state index contributed by atoms with van der Waals surface area (Å²) in [6.45, 7) is -0.176. The van der Waals surface area contributed by atoms with Crippen LogP contribution < -0.4 is 5.32 Å². The van der Waals surface area contributed by atoms with Crippen LogP contribution in [0.2, 0.25) is 0 Å². The number of aliphatic hydroxyl groups excluding tert-OH is 1. The number of nitrogens with zero attached hydrogens (tertiary/aromatic N) is 2. The Morgan fingerprint density at radius 2 is 2.05 bits per heavy atom. The Bertz CT molecular complexity index is 584. The summed E-state index contributed by atoms with van der Waals surface area (Å²) >= 11 is 0. The summed E-state index contributed by atoms with van der Waals surface area (Å²) in [6, 6.07) is 2.04. The molecule has 2 heterocycles. The third kappa shape index (κ3) is 2.56. The number of amides is 3. The number of hydrogen-bond acceptors (Lipinski definition) is 4. The van der Waals surface area contributed by atoms with Gasteiger partial charge in [0.1, 0.15) is 17.5 Å². The molecule has 118 valence electrons. The van der Waals surface area contributed by atoms with Gasteiger partial charge in [0, 0.05) is 0 Å². The number of carbonyl (C=O) groups is 2. The minimum absolute atomic E-state index is 0.176. The zero-order valence-corrected chi connectivity index (χ0v) is 12.1. The lowest BCUT2D eigenvalue weighted by atomic mass is 9.82. The number of aromatic nitrogens is 1. The van der Waals surface area contributed by atoms with Gasteiger partial charge in [0.15, 0.2) is 0 Å². The van der Waals surface area contributed by atoms with Crippen molar-refractivity contribution >= 4 is 11.9 Å². The minimum Gasteiger partial charge on any atom is -0.385 e. The van der Waals surface area contributed by atoms with E-state index in [2.05, 4.69) is 10.3 Å². The van der Waals surface area contributed by atoms with Crippen LogP contribution in [0.25, 0.3) is 0 Å². The molecule has 1 spiro atoms. The first-order valence-corrected chi connectivity index (χ1v) is 7.45. The van der Waals surface area contributed by atoms with E-state index in [9.17, 15) is 19.1 Å². The van der Waals surface area contributed by atoms with Gasteiger partial charge >= 0.3 is 6.03 Å². The molecule has 0 radical (unpaired) electrons. The van der Waals surface area contributed by atoms with Gasteiger partial charge in [0.25, 0.3) is 5.91 Å². The molecule has 1 unspecified atom stereocenters. The molecule has 6 nitrogen and oxygen atoms in total. The molecule has 22 heavy (non-hydrogen) atoms. The number of halogens is 1. The second-order valence-corrected chi connectivity index (χ2v) is 5.91. The van der Waals surface area contributed by atoms with Crippen molar-refractivity contribution in [2.75, 3.05) is 6.54 Å². The Balaban J connectivity index is 1.73. The van der Waals surface area contributed by atoms with Crippen molar-refractivity contribution in [2.45, 2.75) is 43.7 Å². The molecule has 7 heteroatoms. The Labute approximate surface area is 127 Å². The number of carbonyl (C=O) groups excluding carboxylic acids is 2. The van der Waals surface area contributed by atoms with Gasteiger partial charge in [-0.15, -0.1) is 0 Å². The molecular formula is C15H18FN3O3. The predicted octanol–water partition coefficient (Wildman–Crippen LogP) is 1.51. The molecule has 2 fully saturated rings. The summed E-state index contributed by atoms with van der Waals surface area (Å²) in [4.78, 5) is 29.5. The number of imide groups is 1. The third-order valence-corrected chi connectivity index (χ3v) is 4.40. The molecule has 2 N–H and O–H groups in total. The zero-order chi connectivity index (χ0) is 15.7. The number of aliphatic hydroxyl groups is 1. The standard InChI is InChI=1S/C15H18FN3O3/c16-10-4-5-11(17-8-10)12(20)9-19-13(21)15(18-14(19)22)6-2-1-3-7-15/h4-5,8,12,20H,1-3,6-7,9H2,(H,18,22). The van der Waals surface area contributed by atoms with Gasteiger partial charge in [-0.1, -0.05) is 19.3 Å². The van der Waals surface area contributed by atoms with Crippen molar-refractivity contribution in [1.82, 2.24) is 15.2 Å². The fourth-order valence-electron chi connectivity index (χ4n) is 3.19. The predicted molar refractivity (Wildman–Crippen MR) is 75.2 cm³/mol. The van der Waals surface area contributed by atoms with Crippen molar-refractivity contribution in [3.05, 3.63) is 29.8 Å². The summed E-state index contributed by atoms with van der Waals surface area (Å²) in [5, 5.41) is 12.9. The number of urea groups is 1. The normalized spacial score (nSPS) is 22.0. The lowest BCUT2D eigenvalue weighted by Crippen LogP contribution is -2.48. The van der Waals surface area contributed by atoms with Crippen LogP contribution in [0.4, 0.5) is 9.18 Å². The van der Waals surface area contributed by atoms with Gasteiger partial charge in [0.2, 0.25) is 0 Å². The summed E-state index contributed by atoms with van der Waals surface area (Å²) in [5.41, 5.74) is -0.572. The van der Waals surface area contributed by atoms with E-state index in [0.717, 1.165) is 30.4 Å². The van der Waals surface area contributed by atoms with E-state index in [1.54, 1.807) is 0 Å². The van der Waals surface area contributed by atoms with E-state index in [0.29, 0.717) is 12.8 Å². The highest BCUT2D eigenvalue weighted by molar-refractivity contribution is 6.07. The highest BCUT2D eigenvalue weighted by atomic mass is 19.1. The monoisotopic (exact) mass is 307 g/mol. The Hall–Kier alpha value is -2.02. The smallest absolute Gasteiger partial charge is 0.325 e. The quantitative estimate of drug-likeness (QED) is 0.829. The number of nitrogens with one attached hydrogen (secondary N) is 1. The topological polar surface area (TPSA) is 82.5 Å². The summed E-state index contributed by atoms with van der Waals surface area (Å²) in [5.74, 6) is -0.787. The lowest BCUT2D eigenvalue weighted by molar-refractivity contribution is -0.133. The average Bonchev–Trinajstić information content (AvgIpc) is 2.73. The Kier molecular flexibility index (Phi) is 3.82. The van der Waals surface area contributed by atoms with E-state index in [-0.39, 0.29) is 18.1 Å². The molecule has 1 aromatic heterocycles. The number of hydrogen-bond donors (Lipinski definition) is 2. The fraction of sp³-hybridized carbons (Fsp3) is 0.533. The molecule has 1 saturated carbocycles. The van der Waals surface area contributed by atoms with Gasteiger partial charge in [-0.25, -0.2) is 9.18 Å². The van der Waals surface area contributed by atoms with Gasteiger partial charge < -0.3 is 10.4 Å². The molecule has 1 aromatic rings. The zero-order valence-electron chi connectivity index (χ0n) is 12.1. The number of β-amino-alcohol motifs (C(OH)–C–C–N with tert-alkyl or cyclic N) is 1. The van der Waals surface area contributed by atoms with Crippen molar-refractivity contribution in [2.24, 2.45) is 0 Å². The van der Waals surface area contributed by atoms with Crippen LogP contribution in [0.3, 0.4) is 0 Å². The maximum atomic E-state index is 12.8. The molecule has 1 saturated heterocycles. The highest BCUT2D eigenvalue weighted by Gasteiger charge is 2.51. The number of rotatable bonds is 3. The summed E-state index contributed by atoms with van der Waals surface area (Å²) in [7, 11) is 0. The number of pyridine rings is 1. The molecule has 2 aliphatic rings. The van der Waals surface area contributed by atoms with E-state index < -0.39 is 23.5 Å². The van der Waals surface area contributed by atoms with Crippen molar-refractivity contribution < 1.29 is 19.1 Å². The largest absolute Gasteiger partial charge is 0.385 e. The van der Waals surface area contributed by atoms with Gasteiger partial charge in [-0.2, -0.15) is 0 Å². The Morgan fingerprint density at radius 3 is 2.68 bits per heavy atom. The van der Waals surface area contributed by atoms with Crippen LogP contribution in [0, 0.1) is 5.82 Å². The molecule has 3 amide bonds. The van der Waals surface area contributed by atoms with E-state index in [4.69, 9.17) is 0 Å². The van der Waals surface area contributed by atoms with Gasteiger partial charge in [-0.3, -0.25) is 14.7 Å². The van der Waals surface area contributed by atoms with Gasteiger partial charge in [0.05, 0.1) is 18.4 Å². The van der Waals surface area contributed by atoms with Crippen molar-refractivity contribution in [1.29, 1.82) is 0 Å². The lowest BCUT2D eigenvalue weighted by Gasteiger charge is -2.30. The fourth-order valence-corrected chi connectivity index (χ4v) is 3.19. The highest BCUT2D eigenvalue weighted by Crippen LogP contribution is 2.34. The third-order valence-electron chi connectivity index (χ3n) is 4.40. The van der Waals surface area contributed by atoms with Crippen LogP contribution in [0.1, 0.15) is 43.9 Å². The first-order chi connectivity index (χ1) is 10.5.